The topological polar surface area (TPSA) is 40.5 Å². The minimum absolute atomic E-state index is 0.0317. The summed E-state index contributed by atoms with van der Waals surface area (Å²) in [6.07, 6.45) is -12.7. The standard InChI is InChI=1S/C11H14F6O2/c12-10(13,14)9(19,11(15,16)17)4-6-1-5-2-7(6)8(18)3-5/h5-8,18-19H,1-4H2. The molecule has 2 bridgehead atoms. The minimum Gasteiger partial charge on any atom is -0.393 e. The Morgan fingerprint density at radius 2 is 1.42 bits per heavy atom. The molecule has 0 spiro atoms. The van der Waals surface area contributed by atoms with Crippen molar-refractivity contribution < 1.29 is 36.6 Å². The average molecular weight is 292 g/mol. The molecule has 0 amide bonds. The fourth-order valence-electron chi connectivity index (χ4n) is 3.46. The molecule has 8 heteroatoms. The SMILES string of the molecule is OC1CC2CC(CC(O)(C(F)(F)F)C(F)(F)F)C1C2. The molecule has 4 unspecified atom stereocenters. The van der Waals surface area contributed by atoms with Crippen molar-refractivity contribution in [1.29, 1.82) is 0 Å². The van der Waals surface area contributed by atoms with Crippen LogP contribution in [0.2, 0.25) is 0 Å². The van der Waals surface area contributed by atoms with Crippen molar-refractivity contribution in [2.45, 2.75) is 49.7 Å². The average Bonchev–Trinajstić information content (AvgIpc) is 2.72. The number of alkyl halides is 6. The molecule has 0 aromatic carbocycles. The lowest BCUT2D eigenvalue weighted by Gasteiger charge is -2.37. The monoisotopic (exact) mass is 292 g/mol. The van der Waals surface area contributed by atoms with Crippen LogP contribution < -0.4 is 0 Å². The minimum atomic E-state index is -5.77. The highest BCUT2D eigenvalue weighted by molar-refractivity contribution is 5.02. The Morgan fingerprint density at radius 3 is 1.79 bits per heavy atom. The van der Waals surface area contributed by atoms with Crippen LogP contribution in [0.5, 0.6) is 0 Å². The van der Waals surface area contributed by atoms with Gasteiger partial charge in [0.2, 0.25) is 0 Å². The Morgan fingerprint density at radius 1 is 0.895 bits per heavy atom. The number of fused-ring (bicyclic) bond motifs is 2. The Balaban J connectivity index is 2.19. The van der Waals surface area contributed by atoms with E-state index in [2.05, 4.69) is 0 Å². The molecule has 2 rings (SSSR count). The molecule has 2 nitrogen and oxygen atoms in total. The van der Waals surface area contributed by atoms with E-state index in [9.17, 15) is 31.4 Å². The van der Waals surface area contributed by atoms with Crippen molar-refractivity contribution in [2.75, 3.05) is 0 Å². The third-order valence-electron chi connectivity index (χ3n) is 4.41. The second-order valence-corrected chi connectivity index (χ2v) is 5.62. The van der Waals surface area contributed by atoms with Crippen molar-refractivity contribution in [1.82, 2.24) is 0 Å². The van der Waals surface area contributed by atoms with E-state index in [1.54, 1.807) is 0 Å². The van der Waals surface area contributed by atoms with E-state index >= 15 is 0 Å². The second-order valence-electron chi connectivity index (χ2n) is 5.62. The van der Waals surface area contributed by atoms with Gasteiger partial charge in [-0.2, -0.15) is 26.3 Å². The van der Waals surface area contributed by atoms with Crippen LogP contribution in [-0.4, -0.2) is 34.3 Å². The highest BCUT2D eigenvalue weighted by atomic mass is 19.4. The number of aliphatic hydroxyl groups excluding tert-OH is 1. The largest absolute Gasteiger partial charge is 0.426 e. The van der Waals surface area contributed by atoms with E-state index in [0.717, 1.165) is 0 Å². The molecule has 2 aliphatic carbocycles. The first kappa shape index (κ1) is 14.9. The van der Waals surface area contributed by atoms with Crippen LogP contribution in [0, 0.1) is 17.8 Å². The molecule has 112 valence electrons. The zero-order valence-electron chi connectivity index (χ0n) is 9.80. The number of hydrogen-bond acceptors (Lipinski definition) is 2. The molecule has 2 fully saturated rings. The van der Waals surface area contributed by atoms with Crippen LogP contribution in [0.15, 0.2) is 0 Å². The second kappa shape index (κ2) is 4.25. The van der Waals surface area contributed by atoms with Crippen LogP contribution in [0.3, 0.4) is 0 Å². The van der Waals surface area contributed by atoms with E-state index in [1.807, 2.05) is 0 Å². The fraction of sp³-hybridized carbons (Fsp3) is 1.00. The first-order valence-electron chi connectivity index (χ1n) is 5.99. The molecule has 0 aliphatic heterocycles. The van der Waals surface area contributed by atoms with Gasteiger partial charge in [-0.1, -0.05) is 0 Å². The zero-order valence-corrected chi connectivity index (χ0v) is 9.80. The molecule has 0 aromatic heterocycles. The highest BCUT2D eigenvalue weighted by Gasteiger charge is 2.71. The lowest BCUT2D eigenvalue weighted by molar-refractivity contribution is -0.373. The van der Waals surface area contributed by atoms with Crippen molar-refractivity contribution >= 4 is 0 Å². The predicted octanol–water partition coefficient (Wildman–Crippen LogP) is 2.64. The summed E-state index contributed by atoms with van der Waals surface area (Å²) in [6.45, 7) is 0. The van der Waals surface area contributed by atoms with E-state index in [4.69, 9.17) is 5.11 Å². The van der Waals surface area contributed by atoms with Gasteiger partial charge in [0.1, 0.15) is 0 Å². The van der Waals surface area contributed by atoms with Gasteiger partial charge in [-0.3, -0.25) is 0 Å². The van der Waals surface area contributed by atoms with E-state index < -0.39 is 42.3 Å². The third-order valence-corrected chi connectivity index (χ3v) is 4.41. The van der Waals surface area contributed by atoms with Crippen LogP contribution in [0.4, 0.5) is 26.3 Å². The van der Waals surface area contributed by atoms with Gasteiger partial charge in [0, 0.05) is 0 Å². The molecular weight excluding hydrogens is 278 g/mol. The molecule has 0 saturated heterocycles. The summed E-state index contributed by atoms with van der Waals surface area (Å²) in [5, 5.41) is 18.7. The van der Waals surface area contributed by atoms with Gasteiger partial charge in [0.25, 0.3) is 5.60 Å². The molecular formula is C11H14F6O2. The number of aliphatic hydroxyl groups is 2. The smallest absolute Gasteiger partial charge is 0.393 e. The van der Waals surface area contributed by atoms with Gasteiger partial charge in [-0.05, 0) is 43.4 Å². The normalized spacial score (nSPS) is 36.0. The van der Waals surface area contributed by atoms with Gasteiger partial charge in [0.15, 0.2) is 0 Å². The van der Waals surface area contributed by atoms with E-state index in [0.29, 0.717) is 12.8 Å². The Bertz CT molecular complexity index is 336. The fourth-order valence-corrected chi connectivity index (χ4v) is 3.46. The van der Waals surface area contributed by atoms with Gasteiger partial charge in [0.05, 0.1) is 6.10 Å². The van der Waals surface area contributed by atoms with Crippen molar-refractivity contribution in [3.05, 3.63) is 0 Å². The lowest BCUT2D eigenvalue weighted by atomic mass is 9.78. The third kappa shape index (κ3) is 2.33. The van der Waals surface area contributed by atoms with E-state index in [-0.39, 0.29) is 12.3 Å². The maximum Gasteiger partial charge on any atom is 0.426 e. The molecule has 4 atom stereocenters. The predicted molar refractivity (Wildman–Crippen MR) is 52.0 cm³/mol. The summed E-state index contributed by atoms with van der Waals surface area (Å²) in [7, 11) is 0. The van der Waals surface area contributed by atoms with E-state index in [1.165, 1.54) is 0 Å². The first-order chi connectivity index (χ1) is 8.46. The first-order valence-corrected chi connectivity index (χ1v) is 5.99. The van der Waals surface area contributed by atoms with Crippen molar-refractivity contribution in [3.63, 3.8) is 0 Å². The zero-order chi connectivity index (χ0) is 14.6. The summed E-state index contributed by atoms with van der Waals surface area (Å²) in [4.78, 5) is 0. The van der Waals surface area contributed by atoms with Crippen LogP contribution in [-0.2, 0) is 0 Å². The summed E-state index contributed by atoms with van der Waals surface area (Å²) in [5.41, 5.74) is -4.69. The number of rotatable bonds is 2. The van der Waals surface area contributed by atoms with Gasteiger partial charge in [-0.15, -0.1) is 0 Å². The van der Waals surface area contributed by atoms with Crippen LogP contribution >= 0.6 is 0 Å². The quantitative estimate of drug-likeness (QED) is 0.768. The molecule has 2 aliphatic rings. The summed E-state index contributed by atoms with van der Waals surface area (Å²) >= 11 is 0. The van der Waals surface area contributed by atoms with Gasteiger partial charge < -0.3 is 10.2 Å². The van der Waals surface area contributed by atoms with Gasteiger partial charge in [-0.25, -0.2) is 0 Å². The summed E-state index contributed by atoms with van der Waals surface area (Å²) in [5.74, 6) is -1.54. The molecule has 0 radical (unpaired) electrons. The molecule has 2 saturated carbocycles. The molecule has 2 N–H and O–H groups in total. The summed E-state index contributed by atoms with van der Waals surface area (Å²) < 4.78 is 75.4. The maximum atomic E-state index is 12.6. The number of hydrogen-bond donors (Lipinski definition) is 2. The Hall–Kier alpha value is -0.500. The van der Waals surface area contributed by atoms with Crippen LogP contribution in [0.1, 0.15) is 25.7 Å². The maximum absolute atomic E-state index is 12.6. The highest BCUT2D eigenvalue weighted by Crippen LogP contribution is 2.55. The molecule has 0 heterocycles. The molecule has 0 aromatic rings. The molecule has 19 heavy (non-hydrogen) atoms. The van der Waals surface area contributed by atoms with Gasteiger partial charge >= 0.3 is 12.4 Å². The number of halogens is 6. The Kier molecular flexibility index (Phi) is 3.33. The van der Waals surface area contributed by atoms with Crippen molar-refractivity contribution in [3.8, 4) is 0 Å². The van der Waals surface area contributed by atoms with Crippen LogP contribution in [0.25, 0.3) is 0 Å². The lowest BCUT2D eigenvalue weighted by Crippen LogP contribution is -2.58. The van der Waals surface area contributed by atoms with Crippen molar-refractivity contribution in [2.24, 2.45) is 17.8 Å². The Labute approximate surface area is 105 Å². The summed E-state index contributed by atoms with van der Waals surface area (Å²) in [6, 6.07) is 0.